The number of rotatable bonds is 4. The zero-order valence-electron chi connectivity index (χ0n) is 9.20. The second kappa shape index (κ2) is 5.15. The van der Waals surface area contributed by atoms with Crippen LogP contribution in [0.3, 0.4) is 0 Å². The summed E-state index contributed by atoms with van der Waals surface area (Å²) in [5, 5.41) is 0. The molecule has 1 heterocycles. The Morgan fingerprint density at radius 2 is 2.19 bits per heavy atom. The fourth-order valence-electron chi connectivity index (χ4n) is 2.07. The summed E-state index contributed by atoms with van der Waals surface area (Å²) in [6.07, 6.45) is -2.24. The summed E-state index contributed by atoms with van der Waals surface area (Å²) < 4.78 is 24.4. The Kier molecular flexibility index (Phi) is 3.82. The average molecular weight is 243 g/mol. The van der Waals surface area contributed by atoms with Gasteiger partial charge in [-0.25, -0.2) is 8.78 Å². The Hall–Kier alpha value is -0.610. The molecule has 0 radical (unpaired) electrons. The van der Waals surface area contributed by atoms with Crippen LogP contribution in [0.4, 0.5) is 8.78 Å². The van der Waals surface area contributed by atoms with E-state index in [0.717, 1.165) is 5.75 Å². The quantitative estimate of drug-likeness (QED) is 0.799. The molecule has 0 saturated carbocycles. The maximum atomic E-state index is 12.2. The van der Waals surface area contributed by atoms with Gasteiger partial charge in [-0.05, 0) is 18.7 Å². The van der Waals surface area contributed by atoms with Gasteiger partial charge in [0, 0.05) is 23.1 Å². The van der Waals surface area contributed by atoms with Gasteiger partial charge in [-0.3, -0.25) is 0 Å². The molecule has 16 heavy (non-hydrogen) atoms. The molecule has 2 rings (SSSR count). The second-order valence-electron chi connectivity index (χ2n) is 4.16. The SMILES string of the molecule is CN(CC(F)F)CC1CSc2ccccc21. The van der Waals surface area contributed by atoms with Crippen LogP contribution in [0, 0.1) is 0 Å². The first-order chi connectivity index (χ1) is 7.66. The van der Waals surface area contributed by atoms with E-state index in [1.807, 2.05) is 23.9 Å². The van der Waals surface area contributed by atoms with Crippen LogP contribution in [-0.2, 0) is 0 Å². The zero-order chi connectivity index (χ0) is 11.5. The molecule has 0 fully saturated rings. The number of hydrogen-bond donors (Lipinski definition) is 0. The number of alkyl halides is 2. The van der Waals surface area contributed by atoms with E-state index in [4.69, 9.17) is 0 Å². The molecule has 1 unspecified atom stereocenters. The summed E-state index contributed by atoms with van der Waals surface area (Å²) in [4.78, 5) is 3.02. The normalized spacial score (nSPS) is 19.4. The lowest BCUT2D eigenvalue weighted by Crippen LogP contribution is -2.29. The van der Waals surface area contributed by atoms with Gasteiger partial charge in [0.1, 0.15) is 0 Å². The van der Waals surface area contributed by atoms with Gasteiger partial charge < -0.3 is 4.90 Å². The number of benzene rings is 1. The lowest BCUT2D eigenvalue weighted by atomic mass is 10.0. The fraction of sp³-hybridized carbons (Fsp3) is 0.500. The molecule has 1 aromatic rings. The molecular formula is C12H15F2NS. The van der Waals surface area contributed by atoms with Gasteiger partial charge in [0.2, 0.25) is 0 Å². The third-order valence-corrected chi connectivity index (χ3v) is 4.03. The van der Waals surface area contributed by atoms with Crippen molar-refractivity contribution in [2.75, 3.05) is 25.9 Å². The molecule has 1 atom stereocenters. The maximum Gasteiger partial charge on any atom is 0.251 e. The maximum absolute atomic E-state index is 12.2. The topological polar surface area (TPSA) is 3.24 Å². The van der Waals surface area contributed by atoms with Crippen molar-refractivity contribution in [2.45, 2.75) is 17.2 Å². The first kappa shape index (κ1) is 11.9. The molecule has 4 heteroatoms. The van der Waals surface area contributed by atoms with Crippen LogP contribution in [0.25, 0.3) is 0 Å². The smallest absolute Gasteiger partial charge is 0.251 e. The first-order valence-electron chi connectivity index (χ1n) is 5.35. The van der Waals surface area contributed by atoms with Crippen LogP contribution in [0.2, 0.25) is 0 Å². The van der Waals surface area contributed by atoms with Gasteiger partial charge in [0.05, 0.1) is 6.54 Å². The monoisotopic (exact) mass is 243 g/mol. The fourth-order valence-corrected chi connectivity index (χ4v) is 3.31. The number of thioether (sulfide) groups is 1. The molecule has 0 aromatic heterocycles. The van der Waals surface area contributed by atoms with Crippen molar-refractivity contribution in [2.24, 2.45) is 0 Å². The molecule has 1 aromatic carbocycles. The Bertz CT molecular complexity index is 357. The standard InChI is InChI=1S/C12H15F2NS/c1-15(7-12(13)14)6-9-8-16-11-5-3-2-4-10(9)11/h2-5,9,12H,6-8H2,1H3. The minimum absolute atomic E-state index is 0.136. The summed E-state index contributed by atoms with van der Waals surface area (Å²) in [6.45, 7) is 0.581. The van der Waals surface area contributed by atoms with Gasteiger partial charge in [-0.15, -0.1) is 11.8 Å². The summed E-state index contributed by atoms with van der Waals surface area (Å²) in [6, 6.07) is 8.26. The number of fused-ring (bicyclic) bond motifs is 1. The zero-order valence-corrected chi connectivity index (χ0v) is 10.0. The Morgan fingerprint density at radius 3 is 2.94 bits per heavy atom. The van der Waals surface area contributed by atoms with Crippen LogP contribution in [0.5, 0.6) is 0 Å². The highest BCUT2D eigenvalue weighted by atomic mass is 32.2. The van der Waals surface area contributed by atoms with E-state index in [0.29, 0.717) is 12.5 Å². The molecule has 0 bridgehead atoms. The van der Waals surface area contributed by atoms with E-state index >= 15 is 0 Å². The van der Waals surface area contributed by atoms with Gasteiger partial charge in [-0.2, -0.15) is 0 Å². The largest absolute Gasteiger partial charge is 0.300 e. The number of likely N-dealkylation sites (N-methyl/N-ethyl adjacent to an activating group) is 1. The van der Waals surface area contributed by atoms with E-state index in [-0.39, 0.29) is 6.54 Å². The molecular weight excluding hydrogens is 228 g/mol. The van der Waals surface area contributed by atoms with Crippen LogP contribution >= 0.6 is 11.8 Å². The minimum atomic E-state index is -2.24. The van der Waals surface area contributed by atoms with Gasteiger partial charge in [0.25, 0.3) is 6.43 Å². The van der Waals surface area contributed by atoms with Crippen molar-refractivity contribution in [3.63, 3.8) is 0 Å². The lowest BCUT2D eigenvalue weighted by molar-refractivity contribution is 0.0985. The number of nitrogens with zero attached hydrogens (tertiary/aromatic N) is 1. The molecule has 88 valence electrons. The molecule has 1 nitrogen and oxygen atoms in total. The molecule has 0 saturated heterocycles. The molecule has 1 aliphatic rings. The second-order valence-corrected chi connectivity index (χ2v) is 5.22. The highest BCUT2D eigenvalue weighted by Crippen LogP contribution is 2.39. The average Bonchev–Trinajstić information content (AvgIpc) is 2.61. The third-order valence-electron chi connectivity index (χ3n) is 2.78. The summed E-state index contributed by atoms with van der Waals surface area (Å²) >= 11 is 1.82. The highest BCUT2D eigenvalue weighted by molar-refractivity contribution is 7.99. The van der Waals surface area contributed by atoms with E-state index in [2.05, 4.69) is 12.1 Å². The highest BCUT2D eigenvalue weighted by Gasteiger charge is 2.24. The van der Waals surface area contributed by atoms with Crippen molar-refractivity contribution in [1.29, 1.82) is 0 Å². The van der Waals surface area contributed by atoms with E-state index < -0.39 is 6.43 Å². The van der Waals surface area contributed by atoms with Crippen LogP contribution < -0.4 is 0 Å². The molecule has 0 spiro atoms. The Labute approximate surface area is 98.8 Å². The summed E-state index contributed by atoms with van der Waals surface area (Å²) in [7, 11) is 1.76. The molecule has 1 aliphatic heterocycles. The number of hydrogen-bond acceptors (Lipinski definition) is 2. The first-order valence-corrected chi connectivity index (χ1v) is 6.34. The minimum Gasteiger partial charge on any atom is -0.300 e. The van der Waals surface area contributed by atoms with Gasteiger partial charge >= 0.3 is 0 Å². The summed E-state index contributed by atoms with van der Waals surface area (Å²) in [5.74, 6) is 1.40. The van der Waals surface area contributed by atoms with Crippen molar-refractivity contribution in [3.8, 4) is 0 Å². The van der Waals surface area contributed by atoms with E-state index in [1.54, 1.807) is 11.9 Å². The van der Waals surface area contributed by atoms with Crippen molar-refractivity contribution in [3.05, 3.63) is 29.8 Å². The van der Waals surface area contributed by atoms with E-state index in [1.165, 1.54) is 10.5 Å². The van der Waals surface area contributed by atoms with Crippen LogP contribution in [0.15, 0.2) is 29.2 Å². The van der Waals surface area contributed by atoms with Crippen LogP contribution in [0.1, 0.15) is 11.5 Å². The lowest BCUT2D eigenvalue weighted by Gasteiger charge is -2.20. The molecule has 0 N–H and O–H groups in total. The molecule has 0 amide bonds. The van der Waals surface area contributed by atoms with Crippen molar-refractivity contribution in [1.82, 2.24) is 4.90 Å². The third kappa shape index (κ3) is 2.74. The Morgan fingerprint density at radius 1 is 1.44 bits per heavy atom. The molecule has 0 aliphatic carbocycles. The van der Waals surface area contributed by atoms with Gasteiger partial charge in [0.15, 0.2) is 0 Å². The van der Waals surface area contributed by atoms with Crippen LogP contribution in [-0.4, -0.2) is 37.2 Å². The number of halogens is 2. The van der Waals surface area contributed by atoms with E-state index in [9.17, 15) is 8.78 Å². The Balaban J connectivity index is 1.98. The van der Waals surface area contributed by atoms with Crippen molar-refractivity contribution >= 4 is 11.8 Å². The van der Waals surface area contributed by atoms with Gasteiger partial charge in [-0.1, -0.05) is 18.2 Å². The predicted molar refractivity (Wildman–Crippen MR) is 63.4 cm³/mol. The van der Waals surface area contributed by atoms with Crippen molar-refractivity contribution < 1.29 is 8.78 Å². The summed E-state index contributed by atoms with van der Waals surface area (Å²) in [5.41, 5.74) is 1.31. The predicted octanol–water partition coefficient (Wildman–Crippen LogP) is 3.07.